The predicted octanol–water partition coefficient (Wildman–Crippen LogP) is 1.54. The third kappa shape index (κ3) is 4.66. The highest BCUT2D eigenvalue weighted by Crippen LogP contribution is 2.18. The average molecular weight is 274 g/mol. The predicted molar refractivity (Wildman–Crippen MR) is 69.6 cm³/mol. The van der Waals surface area contributed by atoms with Crippen molar-refractivity contribution in [2.75, 3.05) is 18.6 Å². The highest BCUT2D eigenvalue weighted by atomic mass is 32.2. The van der Waals surface area contributed by atoms with Crippen molar-refractivity contribution in [2.24, 2.45) is 0 Å². The monoisotopic (exact) mass is 274 g/mol. The number of carboxylic acid groups (broad SMARTS) is 1. The summed E-state index contributed by atoms with van der Waals surface area (Å²) in [6.07, 6.45) is 1.94. The molecule has 0 aliphatic heterocycles. The molecule has 7 heteroatoms. The third-order valence-electron chi connectivity index (χ3n) is 1.94. The van der Waals surface area contributed by atoms with Gasteiger partial charge in [0.1, 0.15) is 0 Å². The van der Waals surface area contributed by atoms with Gasteiger partial charge in [0.2, 0.25) is 0 Å². The van der Waals surface area contributed by atoms with Crippen molar-refractivity contribution in [3.05, 3.63) is 22.4 Å². The zero-order valence-electron chi connectivity index (χ0n) is 9.30. The number of thiophene rings is 1. The molecule has 1 atom stereocenters. The van der Waals surface area contributed by atoms with E-state index in [0.717, 1.165) is 5.75 Å². The van der Waals surface area contributed by atoms with Gasteiger partial charge in [0, 0.05) is 17.2 Å². The van der Waals surface area contributed by atoms with Crippen LogP contribution in [-0.4, -0.2) is 35.7 Å². The van der Waals surface area contributed by atoms with Crippen molar-refractivity contribution in [3.8, 4) is 0 Å². The number of hydrogen-bond acceptors (Lipinski definition) is 4. The molecular formula is C10H14N2O3S2. The van der Waals surface area contributed by atoms with Gasteiger partial charge in [-0.3, -0.25) is 0 Å². The second-order valence-electron chi connectivity index (χ2n) is 3.18. The Morgan fingerprint density at radius 1 is 1.59 bits per heavy atom. The van der Waals surface area contributed by atoms with Crippen LogP contribution in [0.3, 0.4) is 0 Å². The molecule has 1 heterocycles. The van der Waals surface area contributed by atoms with E-state index in [-0.39, 0.29) is 0 Å². The van der Waals surface area contributed by atoms with Gasteiger partial charge in [-0.05, 0) is 17.7 Å². The molecule has 0 bridgehead atoms. The Morgan fingerprint density at radius 2 is 2.35 bits per heavy atom. The first kappa shape index (κ1) is 13.9. The molecule has 0 aliphatic rings. The van der Waals surface area contributed by atoms with Crippen LogP contribution < -0.4 is 10.6 Å². The number of carbonyl (C=O) groups is 2. The lowest BCUT2D eigenvalue weighted by molar-refractivity contribution is -0.139. The van der Waals surface area contributed by atoms with E-state index in [1.54, 1.807) is 29.3 Å². The molecule has 0 aromatic carbocycles. The topological polar surface area (TPSA) is 78.4 Å². The maximum absolute atomic E-state index is 11.4. The number of urea groups is 1. The van der Waals surface area contributed by atoms with Gasteiger partial charge in [-0.2, -0.15) is 11.8 Å². The molecule has 17 heavy (non-hydrogen) atoms. The second-order valence-corrected chi connectivity index (χ2v) is 5.14. The molecule has 0 saturated carbocycles. The van der Waals surface area contributed by atoms with Crippen LogP contribution in [0, 0.1) is 0 Å². The Balaban J connectivity index is 2.51. The van der Waals surface area contributed by atoms with E-state index in [0.29, 0.717) is 11.4 Å². The number of nitrogens with one attached hydrogen (secondary N) is 2. The van der Waals surface area contributed by atoms with Crippen LogP contribution in [0.25, 0.3) is 0 Å². The molecule has 0 radical (unpaired) electrons. The van der Waals surface area contributed by atoms with Gasteiger partial charge in [0.05, 0.1) is 0 Å². The molecule has 0 fully saturated rings. The second kappa shape index (κ2) is 7.18. The molecule has 3 N–H and O–H groups in total. The minimum absolute atomic E-state index is 0.458. The van der Waals surface area contributed by atoms with Crippen LogP contribution >= 0.6 is 23.1 Å². The highest BCUT2D eigenvalue weighted by molar-refractivity contribution is 7.98. The number of carbonyl (C=O) groups excluding carboxylic acids is 1. The zero-order chi connectivity index (χ0) is 12.7. The highest BCUT2D eigenvalue weighted by Gasteiger charge is 2.22. The Bertz CT molecular complexity index is 368. The quantitative estimate of drug-likeness (QED) is 0.688. The normalized spacial score (nSPS) is 11.8. The maximum atomic E-state index is 11.4. The van der Waals surface area contributed by atoms with E-state index in [4.69, 9.17) is 5.11 Å². The first-order valence-electron chi connectivity index (χ1n) is 4.94. The van der Waals surface area contributed by atoms with Gasteiger partial charge in [0.15, 0.2) is 6.04 Å². The van der Waals surface area contributed by atoms with E-state index in [9.17, 15) is 9.59 Å². The van der Waals surface area contributed by atoms with Crippen molar-refractivity contribution in [1.82, 2.24) is 10.6 Å². The summed E-state index contributed by atoms with van der Waals surface area (Å²) in [5.74, 6) is -0.267. The van der Waals surface area contributed by atoms with Crippen molar-refractivity contribution < 1.29 is 14.7 Å². The summed E-state index contributed by atoms with van der Waals surface area (Å²) in [4.78, 5) is 23.1. The summed E-state index contributed by atoms with van der Waals surface area (Å²) < 4.78 is 0. The van der Waals surface area contributed by atoms with E-state index in [2.05, 4.69) is 10.6 Å². The SMILES string of the molecule is CSCCNC(=O)NC(C(=O)O)c1cccs1. The summed E-state index contributed by atoms with van der Waals surface area (Å²) >= 11 is 2.91. The Morgan fingerprint density at radius 3 is 2.88 bits per heavy atom. The largest absolute Gasteiger partial charge is 0.479 e. The number of amides is 2. The molecule has 1 rings (SSSR count). The van der Waals surface area contributed by atoms with E-state index >= 15 is 0 Å². The molecule has 2 amide bonds. The lowest BCUT2D eigenvalue weighted by Gasteiger charge is -2.13. The fourth-order valence-corrected chi connectivity index (χ4v) is 2.23. The average Bonchev–Trinajstić information content (AvgIpc) is 2.79. The number of carboxylic acids is 1. The Labute approximate surface area is 108 Å². The molecule has 94 valence electrons. The van der Waals surface area contributed by atoms with Gasteiger partial charge < -0.3 is 15.7 Å². The number of aliphatic carboxylic acids is 1. The van der Waals surface area contributed by atoms with E-state index in [1.165, 1.54) is 11.3 Å². The van der Waals surface area contributed by atoms with Crippen LogP contribution in [0.4, 0.5) is 4.79 Å². The van der Waals surface area contributed by atoms with Gasteiger partial charge >= 0.3 is 12.0 Å². The molecule has 1 aromatic rings. The van der Waals surface area contributed by atoms with Gasteiger partial charge in [0.25, 0.3) is 0 Å². The summed E-state index contributed by atoms with van der Waals surface area (Å²) in [6.45, 7) is 0.518. The van der Waals surface area contributed by atoms with E-state index in [1.807, 2.05) is 6.26 Å². The van der Waals surface area contributed by atoms with Gasteiger partial charge in [-0.25, -0.2) is 9.59 Å². The molecule has 0 saturated heterocycles. The van der Waals surface area contributed by atoms with Crippen molar-refractivity contribution in [1.29, 1.82) is 0 Å². The van der Waals surface area contributed by atoms with Gasteiger partial charge in [-0.1, -0.05) is 6.07 Å². The standard InChI is InChI=1S/C10H14N2O3S2/c1-16-6-4-11-10(15)12-8(9(13)14)7-3-2-5-17-7/h2-3,5,8H,4,6H2,1H3,(H,13,14)(H2,11,12,15). The first-order chi connectivity index (χ1) is 8.15. The summed E-state index contributed by atoms with van der Waals surface area (Å²) in [5, 5.41) is 15.8. The van der Waals surface area contributed by atoms with Crippen LogP contribution in [0.1, 0.15) is 10.9 Å². The number of thioether (sulfide) groups is 1. The maximum Gasteiger partial charge on any atom is 0.331 e. The molecular weight excluding hydrogens is 260 g/mol. The van der Waals surface area contributed by atoms with Crippen molar-refractivity contribution >= 4 is 35.1 Å². The van der Waals surface area contributed by atoms with Gasteiger partial charge in [-0.15, -0.1) is 11.3 Å². The van der Waals surface area contributed by atoms with Crippen LogP contribution in [0.5, 0.6) is 0 Å². The smallest absolute Gasteiger partial charge is 0.331 e. The Hall–Kier alpha value is -1.21. The molecule has 5 nitrogen and oxygen atoms in total. The van der Waals surface area contributed by atoms with E-state index < -0.39 is 18.0 Å². The third-order valence-corrected chi connectivity index (χ3v) is 3.49. The summed E-state index contributed by atoms with van der Waals surface area (Å²) in [5.41, 5.74) is 0. The van der Waals surface area contributed by atoms with Crippen LogP contribution in [-0.2, 0) is 4.79 Å². The molecule has 1 unspecified atom stereocenters. The van der Waals surface area contributed by atoms with Crippen molar-refractivity contribution in [2.45, 2.75) is 6.04 Å². The zero-order valence-corrected chi connectivity index (χ0v) is 10.9. The molecule has 1 aromatic heterocycles. The molecule has 0 spiro atoms. The Kier molecular flexibility index (Phi) is 5.85. The summed E-state index contributed by atoms with van der Waals surface area (Å²) in [6, 6.07) is 2.00. The first-order valence-corrected chi connectivity index (χ1v) is 7.22. The number of rotatable bonds is 6. The minimum atomic E-state index is -1.06. The minimum Gasteiger partial charge on any atom is -0.479 e. The lowest BCUT2D eigenvalue weighted by atomic mass is 10.2. The summed E-state index contributed by atoms with van der Waals surface area (Å²) in [7, 11) is 0. The lowest BCUT2D eigenvalue weighted by Crippen LogP contribution is -2.41. The number of hydrogen-bond donors (Lipinski definition) is 3. The van der Waals surface area contributed by atoms with Crippen LogP contribution in [0.15, 0.2) is 17.5 Å². The fraction of sp³-hybridized carbons (Fsp3) is 0.400. The van der Waals surface area contributed by atoms with Crippen LogP contribution in [0.2, 0.25) is 0 Å². The van der Waals surface area contributed by atoms with Crippen molar-refractivity contribution in [3.63, 3.8) is 0 Å². The fourth-order valence-electron chi connectivity index (χ4n) is 1.16. The molecule has 0 aliphatic carbocycles.